The van der Waals surface area contributed by atoms with Crippen LogP contribution in [-0.2, 0) is 6.54 Å². The van der Waals surface area contributed by atoms with Gasteiger partial charge >= 0.3 is 0 Å². The van der Waals surface area contributed by atoms with Crippen LogP contribution in [0.5, 0.6) is 0 Å². The third-order valence-corrected chi connectivity index (χ3v) is 4.60. The second-order valence-corrected chi connectivity index (χ2v) is 6.36. The van der Waals surface area contributed by atoms with Crippen molar-refractivity contribution in [3.63, 3.8) is 0 Å². The van der Waals surface area contributed by atoms with Gasteiger partial charge in [-0.2, -0.15) is 0 Å². The zero-order valence-electron chi connectivity index (χ0n) is 14.3. The van der Waals surface area contributed by atoms with Gasteiger partial charge in [0.1, 0.15) is 12.0 Å². The quantitative estimate of drug-likeness (QED) is 0.765. The first-order valence-electron chi connectivity index (χ1n) is 8.46. The van der Waals surface area contributed by atoms with E-state index in [1.807, 2.05) is 31.2 Å². The molecule has 2 aromatic carbocycles. The maximum Gasteiger partial charge on any atom is 0.258 e. The minimum absolute atomic E-state index is 0.0801. The van der Waals surface area contributed by atoms with Crippen LogP contribution in [0, 0.1) is 12.7 Å². The number of anilines is 1. The Balaban J connectivity index is 1.70. The van der Waals surface area contributed by atoms with Crippen LogP contribution in [0.1, 0.15) is 33.3 Å². The molecule has 0 radical (unpaired) electrons. The average molecular weight is 347 g/mol. The van der Waals surface area contributed by atoms with Crippen molar-refractivity contribution in [3.8, 4) is 0 Å². The van der Waals surface area contributed by atoms with Crippen molar-refractivity contribution in [3.05, 3.63) is 95.1 Å². The standard InChI is InChI=1S/C21H18FN3O/c1-14-5-2-3-7-18(14)24-20-19-17(6-4-12-23-19)21(26)25(20)13-15-8-10-16(22)11-9-15/h2-12,20,24H,13H2,1H3. The smallest absolute Gasteiger partial charge is 0.258 e. The second kappa shape index (κ2) is 6.59. The van der Waals surface area contributed by atoms with Crippen molar-refractivity contribution < 1.29 is 9.18 Å². The third-order valence-electron chi connectivity index (χ3n) is 4.60. The zero-order chi connectivity index (χ0) is 18.1. The number of benzene rings is 2. The summed E-state index contributed by atoms with van der Waals surface area (Å²) in [5.74, 6) is -0.371. The Kier molecular flexibility index (Phi) is 4.13. The number of aryl methyl sites for hydroxylation is 1. The lowest BCUT2D eigenvalue weighted by molar-refractivity contribution is 0.0727. The fourth-order valence-corrected chi connectivity index (χ4v) is 3.21. The SMILES string of the molecule is Cc1ccccc1NC1c2ncccc2C(=O)N1Cc1ccc(F)cc1. The van der Waals surface area contributed by atoms with E-state index in [4.69, 9.17) is 0 Å². The Labute approximate surface area is 151 Å². The topological polar surface area (TPSA) is 45.2 Å². The first kappa shape index (κ1) is 16.3. The lowest BCUT2D eigenvalue weighted by Crippen LogP contribution is -2.32. The summed E-state index contributed by atoms with van der Waals surface area (Å²) in [7, 11) is 0. The number of para-hydroxylation sites is 1. The number of pyridine rings is 1. The Bertz CT molecular complexity index is 955. The number of fused-ring (bicyclic) bond motifs is 1. The van der Waals surface area contributed by atoms with Gasteiger partial charge in [0.25, 0.3) is 5.91 Å². The number of halogens is 1. The molecule has 1 unspecified atom stereocenters. The van der Waals surface area contributed by atoms with Crippen LogP contribution in [0.4, 0.5) is 10.1 Å². The van der Waals surface area contributed by atoms with E-state index in [9.17, 15) is 9.18 Å². The van der Waals surface area contributed by atoms with E-state index in [0.29, 0.717) is 17.8 Å². The summed E-state index contributed by atoms with van der Waals surface area (Å²) in [5.41, 5.74) is 4.21. The summed E-state index contributed by atoms with van der Waals surface area (Å²) in [6.45, 7) is 2.39. The highest BCUT2D eigenvalue weighted by molar-refractivity contribution is 5.98. The molecule has 1 aliphatic rings. The van der Waals surface area contributed by atoms with E-state index in [0.717, 1.165) is 16.8 Å². The minimum Gasteiger partial charge on any atom is -0.360 e. The van der Waals surface area contributed by atoms with Crippen LogP contribution in [-0.4, -0.2) is 15.8 Å². The van der Waals surface area contributed by atoms with Crippen LogP contribution >= 0.6 is 0 Å². The van der Waals surface area contributed by atoms with Crippen LogP contribution in [0.25, 0.3) is 0 Å². The number of hydrogen-bond donors (Lipinski definition) is 1. The highest BCUT2D eigenvalue weighted by atomic mass is 19.1. The molecule has 26 heavy (non-hydrogen) atoms. The van der Waals surface area contributed by atoms with Gasteiger partial charge < -0.3 is 10.2 Å². The summed E-state index contributed by atoms with van der Waals surface area (Å²) in [5, 5.41) is 3.45. The van der Waals surface area contributed by atoms with Crippen LogP contribution in [0.2, 0.25) is 0 Å². The minimum atomic E-state index is -0.371. The molecule has 2 heterocycles. The molecule has 0 fully saturated rings. The third kappa shape index (κ3) is 2.92. The molecule has 1 amide bonds. The number of nitrogens with one attached hydrogen (secondary N) is 1. The molecule has 0 spiro atoms. The maximum absolute atomic E-state index is 13.2. The number of carbonyl (C=O) groups excluding carboxylic acids is 1. The Morgan fingerprint density at radius 1 is 1.08 bits per heavy atom. The number of nitrogens with zero attached hydrogens (tertiary/aromatic N) is 2. The number of rotatable bonds is 4. The van der Waals surface area contributed by atoms with E-state index in [2.05, 4.69) is 10.3 Å². The lowest BCUT2D eigenvalue weighted by atomic mass is 10.1. The normalized spacial score (nSPS) is 15.8. The van der Waals surface area contributed by atoms with Gasteiger partial charge in [0.15, 0.2) is 0 Å². The molecule has 1 atom stereocenters. The maximum atomic E-state index is 13.2. The van der Waals surface area contributed by atoms with E-state index in [1.165, 1.54) is 12.1 Å². The Morgan fingerprint density at radius 3 is 2.62 bits per heavy atom. The van der Waals surface area contributed by atoms with Gasteiger partial charge in [-0.1, -0.05) is 30.3 Å². The van der Waals surface area contributed by atoms with Gasteiger partial charge in [0.2, 0.25) is 0 Å². The van der Waals surface area contributed by atoms with E-state index < -0.39 is 0 Å². The molecule has 0 bridgehead atoms. The summed E-state index contributed by atoms with van der Waals surface area (Å²) >= 11 is 0. The molecule has 0 saturated heterocycles. The molecule has 0 aliphatic carbocycles. The zero-order valence-corrected chi connectivity index (χ0v) is 14.3. The van der Waals surface area contributed by atoms with Gasteiger partial charge in [-0.3, -0.25) is 9.78 Å². The molecular weight excluding hydrogens is 329 g/mol. The predicted octanol–water partition coefficient (Wildman–Crippen LogP) is 4.30. The molecule has 0 saturated carbocycles. The first-order chi connectivity index (χ1) is 12.6. The van der Waals surface area contributed by atoms with Crippen molar-refractivity contribution in [1.82, 2.24) is 9.88 Å². The molecule has 3 aromatic rings. The van der Waals surface area contributed by atoms with Crippen molar-refractivity contribution in [2.24, 2.45) is 0 Å². The van der Waals surface area contributed by atoms with Crippen LogP contribution < -0.4 is 5.32 Å². The lowest BCUT2D eigenvalue weighted by Gasteiger charge is -2.27. The number of hydrogen-bond acceptors (Lipinski definition) is 3. The predicted molar refractivity (Wildman–Crippen MR) is 98.1 cm³/mol. The van der Waals surface area contributed by atoms with Crippen molar-refractivity contribution >= 4 is 11.6 Å². The van der Waals surface area contributed by atoms with Crippen molar-refractivity contribution in [2.45, 2.75) is 19.6 Å². The van der Waals surface area contributed by atoms with Crippen LogP contribution in [0.3, 0.4) is 0 Å². The Morgan fingerprint density at radius 2 is 1.85 bits per heavy atom. The van der Waals surface area contributed by atoms with E-state index >= 15 is 0 Å². The molecule has 4 rings (SSSR count). The molecule has 1 N–H and O–H groups in total. The summed E-state index contributed by atoms with van der Waals surface area (Å²) < 4.78 is 13.2. The number of aromatic nitrogens is 1. The van der Waals surface area contributed by atoms with Gasteiger partial charge in [-0.15, -0.1) is 0 Å². The number of carbonyl (C=O) groups is 1. The Hall–Kier alpha value is -3.21. The van der Waals surface area contributed by atoms with E-state index in [-0.39, 0.29) is 17.9 Å². The molecule has 1 aromatic heterocycles. The molecule has 4 nitrogen and oxygen atoms in total. The van der Waals surface area contributed by atoms with Gasteiger partial charge in [-0.25, -0.2) is 4.39 Å². The van der Waals surface area contributed by atoms with Gasteiger partial charge in [-0.05, 0) is 48.4 Å². The molecule has 130 valence electrons. The van der Waals surface area contributed by atoms with E-state index in [1.54, 1.807) is 35.4 Å². The van der Waals surface area contributed by atoms with Crippen LogP contribution in [0.15, 0.2) is 66.9 Å². The van der Waals surface area contributed by atoms with Gasteiger partial charge in [0, 0.05) is 18.4 Å². The monoisotopic (exact) mass is 347 g/mol. The van der Waals surface area contributed by atoms with Crippen molar-refractivity contribution in [2.75, 3.05) is 5.32 Å². The average Bonchev–Trinajstić information content (AvgIpc) is 2.91. The highest BCUT2D eigenvalue weighted by Gasteiger charge is 2.38. The fraction of sp³-hybridized carbons (Fsp3) is 0.143. The van der Waals surface area contributed by atoms with Gasteiger partial charge in [0.05, 0.1) is 11.3 Å². The molecular formula is C21H18FN3O. The highest BCUT2D eigenvalue weighted by Crippen LogP contribution is 2.34. The molecule has 5 heteroatoms. The second-order valence-electron chi connectivity index (χ2n) is 6.36. The number of amides is 1. The molecule has 1 aliphatic heterocycles. The summed E-state index contributed by atoms with van der Waals surface area (Å²) in [4.78, 5) is 19.1. The largest absolute Gasteiger partial charge is 0.360 e. The summed E-state index contributed by atoms with van der Waals surface area (Å²) in [6.07, 6.45) is 1.32. The van der Waals surface area contributed by atoms with Crippen molar-refractivity contribution in [1.29, 1.82) is 0 Å². The fourth-order valence-electron chi connectivity index (χ4n) is 3.21. The summed E-state index contributed by atoms with van der Waals surface area (Å²) in [6, 6.07) is 17.7. The first-order valence-corrected chi connectivity index (χ1v) is 8.46.